The van der Waals surface area contributed by atoms with E-state index in [0.29, 0.717) is 0 Å². The first-order chi connectivity index (χ1) is 8.08. The molecular formula is C10H17N3O4. The molecule has 4 N–H and O–H groups in total. The van der Waals surface area contributed by atoms with E-state index in [1.165, 1.54) is 4.68 Å². The van der Waals surface area contributed by atoms with Crippen molar-refractivity contribution < 1.29 is 20.1 Å². The number of amides is 1. The first-order valence-electron chi connectivity index (χ1n) is 5.22. The van der Waals surface area contributed by atoms with Crippen molar-refractivity contribution in [1.82, 2.24) is 15.1 Å². The normalized spacial score (nSPS) is 13.4. The molecule has 1 aromatic rings. The second-order valence-electron chi connectivity index (χ2n) is 3.91. The molecule has 0 fully saturated rings. The van der Waals surface area contributed by atoms with Gasteiger partial charge in [0.1, 0.15) is 11.6 Å². The van der Waals surface area contributed by atoms with Crippen molar-refractivity contribution in [2.45, 2.75) is 18.5 Å². The predicted octanol–water partition coefficient (Wildman–Crippen LogP) is -1.72. The Bertz CT molecular complexity index is 340. The van der Waals surface area contributed by atoms with Crippen molar-refractivity contribution in [2.24, 2.45) is 0 Å². The van der Waals surface area contributed by atoms with Gasteiger partial charge in [0.05, 0.1) is 19.8 Å². The lowest BCUT2D eigenvalue weighted by Gasteiger charge is -2.30. The van der Waals surface area contributed by atoms with Crippen LogP contribution in [0, 0.1) is 0 Å². The Kier molecular flexibility index (Phi) is 4.62. The fraction of sp³-hybridized carbons (Fsp3) is 0.600. The van der Waals surface area contributed by atoms with Gasteiger partial charge < -0.3 is 20.6 Å². The highest BCUT2D eigenvalue weighted by Gasteiger charge is 2.31. The van der Waals surface area contributed by atoms with Gasteiger partial charge in [0.15, 0.2) is 0 Å². The highest BCUT2D eigenvalue weighted by molar-refractivity contribution is 5.80. The van der Waals surface area contributed by atoms with Crippen molar-refractivity contribution in [3.05, 3.63) is 18.5 Å². The first-order valence-corrected chi connectivity index (χ1v) is 5.22. The van der Waals surface area contributed by atoms with Crippen LogP contribution in [0.15, 0.2) is 18.5 Å². The zero-order chi connectivity index (χ0) is 12.9. The number of carbonyl (C=O) groups excluding carboxylic acids is 1. The van der Waals surface area contributed by atoms with Crippen LogP contribution in [-0.4, -0.2) is 56.4 Å². The van der Waals surface area contributed by atoms with E-state index >= 15 is 0 Å². The molecule has 1 amide bonds. The van der Waals surface area contributed by atoms with Gasteiger partial charge in [-0.25, -0.2) is 0 Å². The topological polar surface area (TPSA) is 108 Å². The molecule has 0 saturated heterocycles. The van der Waals surface area contributed by atoms with Gasteiger partial charge in [-0.2, -0.15) is 5.10 Å². The van der Waals surface area contributed by atoms with Crippen LogP contribution in [0.25, 0.3) is 0 Å². The fourth-order valence-electron chi connectivity index (χ4n) is 1.26. The van der Waals surface area contributed by atoms with Gasteiger partial charge >= 0.3 is 0 Å². The Hall–Kier alpha value is -1.44. The summed E-state index contributed by atoms with van der Waals surface area (Å²) in [6.45, 7) is -0.00802. The van der Waals surface area contributed by atoms with Crippen LogP contribution in [0.5, 0.6) is 0 Å². The molecule has 17 heavy (non-hydrogen) atoms. The number of rotatable bonds is 6. The molecule has 1 unspecified atom stereocenters. The molecule has 7 heteroatoms. The van der Waals surface area contributed by atoms with Crippen molar-refractivity contribution in [3.8, 4) is 0 Å². The Morgan fingerprint density at radius 3 is 2.41 bits per heavy atom. The monoisotopic (exact) mass is 243 g/mol. The summed E-state index contributed by atoms with van der Waals surface area (Å²) >= 11 is 0. The zero-order valence-corrected chi connectivity index (χ0v) is 9.58. The van der Waals surface area contributed by atoms with Gasteiger partial charge in [-0.15, -0.1) is 0 Å². The second-order valence-corrected chi connectivity index (χ2v) is 3.91. The van der Waals surface area contributed by atoms with Gasteiger partial charge in [0.25, 0.3) is 0 Å². The summed E-state index contributed by atoms with van der Waals surface area (Å²) in [5.74, 6) is -0.439. The minimum absolute atomic E-state index is 0.439. The molecule has 1 heterocycles. The van der Waals surface area contributed by atoms with E-state index in [1.54, 1.807) is 25.4 Å². The van der Waals surface area contributed by atoms with Crippen LogP contribution in [-0.2, 0) is 4.79 Å². The average molecular weight is 243 g/mol. The largest absolute Gasteiger partial charge is 0.394 e. The molecule has 7 nitrogen and oxygen atoms in total. The summed E-state index contributed by atoms with van der Waals surface area (Å²) < 4.78 is 1.44. The average Bonchev–Trinajstić information content (AvgIpc) is 2.88. The Morgan fingerprint density at radius 2 is 2.00 bits per heavy atom. The summed E-state index contributed by atoms with van der Waals surface area (Å²) in [6, 6.07) is 1.09. The van der Waals surface area contributed by atoms with Crippen LogP contribution in [0.3, 0.4) is 0 Å². The van der Waals surface area contributed by atoms with Crippen LogP contribution in [0.2, 0.25) is 0 Å². The van der Waals surface area contributed by atoms with E-state index in [0.717, 1.165) is 0 Å². The van der Waals surface area contributed by atoms with E-state index in [4.69, 9.17) is 15.3 Å². The van der Waals surface area contributed by atoms with Gasteiger partial charge in [0, 0.05) is 12.4 Å². The molecule has 1 atom stereocenters. The lowest BCUT2D eigenvalue weighted by atomic mass is 10.0. The predicted molar refractivity (Wildman–Crippen MR) is 59.1 cm³/mol. The Balaban J connectivity index is 2.71. The van der Waals surface area contributed by atoms with Gasteiger partial charge in [-0.1, -0.05) is 0 Å². The smallest absolute Gasteiger partial charge is 0.245 e. The standard InChI is InChI=1S/C10H17N3O4/c1-8(13-4-2-3-11-13)9(17)12-10(5-14,6-15)7-16/h2-4,8,14-16H,5-7H2,1H3,(H,12,17). The molecule has 0 saturated carbocycles. The highest BCUT2D eigenvalue weighted by Crippen LogP contribution is 2.08. The van der Waals surface area contributed by atoms with Crippen molar-refractivity contribution in [2.75, 3.05) is 19.8 Å². The van der Waals surface area contributed by atoms with Gasteiger partial charge in [-0.3, -0.25) is 9.48 Å². The fourth-order valence-corrected chi connectivity index (χ4v) is 1.26. The maximum absolute atomic E-state index is 11.8. The summed E-state index contributed by atoms with van der Waals surface area (Å²) in [4.78, 5) is 11.8. The lowest BCUT2D eigenvalue weighted by molar-refractivity contribution is -0.128. The van der Waals surface area contributed by atoms with Crippen LogP contribution in [0.4, 0.5) is 0 Å². The lowest BCUT2D eigenvalue weighted by Crippen LogP contribution is -2.58. The van der Waals surface area contributed by atoms with Crippen LogP contribution in [0.1, 0.15) is 13.0 Å². The Labute approximate surface area is 98.7 Å². The minimum Gasteiger partial charge on any atom is -0.394 e. The number of nitrogens with one attached hydrogen (secondary N) is 1. The maximum Gasteiger partial charge on any atom is 0.245 e. The van der Waals surface area contributed by atoms with Crippen molar-refractivity contribution >= 4 is 5.91 Å². The van der Waals surface area contributed by atoms with E-state index in [2.05, 4.69) is 10.4 Å². The molecule has 0 aliphatic heterocycles. The third-order valence-electron chi connectivity index (χ3n) is 2.60. The number of hydrogen-bond acceptors (Lipinski definition) is 5. The highest BCUT2D eigenvalue weighted by atomic mass is 16.3. The maximum atomic E-state index is 11.8. The summed E-state index contributed by atoms with van der Waals surface area (Å²) in [5.41, 5.74) is -1.40. The molecule has 0 radical (unpaired) electrons. The summed E-state index contributed by atoms with van der Waals surface area (Å²) in [6.07, 6.45) is 3.17. The van der Waals surface area contributed by atoms with Crippen LogP contribution >= 0.6 is 0 Å². The minimum atomic E-state index is -1.40. The SMILES string of the molecule is CC(C(=O)NC(CO)(CO)CO)n1cccn1. The van der Waals surface area contributed by atoms with E-state index in [1.807, 2.05) is 0 Å². The molecule has 0 aromatic carbocycles. The second kappa shape index (κ2) is 5.76. The molecule has 0 aliphatic carbocycles. The summed E-state index contributed by atoms with van der Waals surface area (Å²) in [7, 11) is 0. The molecule has 0 aliphatic rings. The van der Waals surface area contributed by atoms with E-state index < -0.39 is 37.3 Å². The number of nitrogens with zero attached hydrogens (tertiary/aromatic N) is 2. The molecule has 0 spiro atoms. The third-order valence-corrected chi connectivity index (χ3v) is 2.60. The number of carbonyl (C=O) groups is 1. The summed E-state index contributed by atoms with van der Waals surface area (Å²) in [5, 5.41) is 33.6. The van der Waals surface area contributed by atoms with Gasteiger partial charge in [-0.05, 0) is 13.0 Å². The van der Waals surface area contributed by atoms with Crippen molar-refractivity contribution in [3.63, 3.8) is 0 Å². The van der Waals surface area contributed by atoms with Gasteiger partial charge in [0.2, 0.25) is 5.91 Å². The zero-order valence-electron chi connectivity index (χ0n) is 9.58. The molecular weight excluding hydrogens is 226 g/mol. The molecule has 1 rings (SSSR count). The number of aliphatic hydroxyl groups is 3. The molecule has 1 aromatic heterocycles. The number of aromatic nitrogens is 2. The number of aliphatic hydroxyl groups excluding tert-OH is 3. The first kappa shape index (κ1) is 13.6. The molecule has 0 bridgehead atoms. The quantitative estimate of drug-likeness (QED) is 0.475. The molecule has 96 valence electrons. The van der Waals surface area contributed by atoms with Crippen molar-refractivity contribution in [1.29, 1.82) is 0 Å². The number of hydrogen-bond donors (Lipinski definition) is 4. The van der Waals surface area contributed by atoms with E-state index in [9.17, 15) is 4.79 Å². The van der Waals surface area contributed by atoms with Crippen LogP contribution < -0.4 is 5.32 Å². The Morgan fingerprint density at radius 1 is 1.41 bits per heavy atom. The van der Waals surface area contributed by atoms with E-state index in [-0.39, 0.29) is 0 Å². The third kappa shape index (κ3) is 3.02.